The second-order valence-corrected chi connectivity index (χ2v) is 13.9. The first-order valence-electron chi connectivity index (χ1n) is 21.0. The van der Waals surface area contributed by atoms with E-state index in [1.54, 1.807) is 0 Å². The molecule has 0 fully saturated rings. The van der Waals surface area contributed by atoms with Crippen LogP contribution in [0.5, 0.6) is 0 Å². The third-order valence-corrected chi connectivity index (χ3v) is 8.91. The van der Waals surface area contributed by atoms with Crippen molar-refractivity contribution in [3.8, 4) is 0 Å². The van der Waals surface area contributed by atoms with Crippen LogP contribution in [0.25, 0.3) is 0 Å². The minimum atomic E-state index is -0.783. The Bertz CT molecular complexity index is 861. The lowest BCUT2D eigenvalue weighted by Crippen LogP contribution is -2.30. The molecular weight excluding hydrogens is 624 g/mol. The summed E-state index contributed by atoms with van der Waals surface area (Å²) in [7, 11) is 0. The van der Waals surface area contributed by atoms with Gasteiger partial charge in [0.2, 0.25) is 0 Å². The van der Waals surface area contributed by atoms with Crippen LogP contribution in [0.3, 0.4) is 0 Å². The smallest absolute Gasteiger partial charge is 0.306 e. The standard InChI is InChI=1S/C44H78O6/c1-4-7-10-13-16-19-22-25-28-31-34-37-43(46)49-40-41(39-48-42(45)36-33-30-27-24-21-18-15-12-9-6-3)50-44(47)38-35-32-29-26-23-20-17-14-11-8-5-2/h7,10,16,19,25,28,41H,4-6,8-9,11-15,17-18,20-24,26-27,29-40H2,1-3H3/b10-7-,19-16-,28-25-. The SMILES string of the molecule is CC/C=C\C/C=C\C/C=C\CCCC(=O)OCC(COC(=O)CCCCCCCCCCCC)OC(=O)CCCCCCCCCCCCC. The molecule has 1 unspecified atom stereocenters. The molecular formula is C44H78O6. The van der Waals surface area contributed by atoms with E-state index in [9.17, 15) is 14.4 Å². The van der Waals surface area contributed by atoms with Crippen molar-refractivity contribution in [3.05, 3.63) is 36.5 Å². The van der Waals surface area contributed by atoms with E-state index in [-0.39, 0.29) is 31.1 Å². The van der Waals surface area contributed by atoms with Crippen molar-refractivity contribution in [1.29, 1.82) is 0 Å². The van der Waals surface area contributed by atoms with E-state index in [4.69, 9.17) is 14.2 Å². The van der Waals surface area contributed by atoms with E-state index in [1.807, 2.05) is 0 Å². The van der Waals surface area contributed by atoms with Crippen LogP contribution in [-0.2, 0) is 28.6 Å². The number of hydrogen-bond acceptors (Lipinski definition) is 6. The Morgan fingerprint density at radius 3 is 1.22 bits per heavy atom. The molecule has 0 saturated carbocycles. The molecule has 50 heavy (non-hydrogen) atoms. The fourth-order valence-electron chi connectivity index (χ4n) is 5.76. The Kier molecular flexibility index (Phi) is 37.5. The zero-order chi connectivity index (χ0) is 36.6. The van der Waals surface area contributed by atoms with Gasteiger partial charge in [0.15, 0.2) is 6.10 Å². The predicted molar refractivity (Wildman–Crippen MR) is 210 cm³/mol. The van der Waals surface area contributed by atoms with Gasteiger partial charge in [0.25, 0.3) is 0 Å². The van der Waals surface area contributed by atoms with Crippen LogP contribution in [0.1, 0.15) is 207 Å². The maximum absolute atomic E-state index is 12.6. The van der Waals surface area contributed by atoms with Crippen LogP contribution in [0.2, 0.25) is 0 Å². The molecule has 6 nitrogen and oxygen atoms in total. The minimum absolute atomic E-state index is 0.0850. The summed E-state index contributed by atoms with van der Waals surface area (Å²) in [6.45, 7) is 6.43. The average molecular weight is 703 g/mol. The van der Waals surface area contributed by atoms with Crippen LogP contribution in [0.15, 0.2) is 36.5 Å². The molecule has 290 valence electrons. The number of hydrogen-bond donors (Lipinski definition) is 0. The molecule has 0 aromatic rings. The number of unbranched alkanes of at least 4 members (excludes halogenated alkanes) is 20. The summed E-state index contributed by atoms with van der Waals surface area (Å²) in [5.41, 5.74) is 0. The summed E-state index contributed by atoms with van der Waals surface area (Å²) < 4.78 is 16.6. The molecule has 0 bridgehead atoms. The molecule has 0 amide bonds. The van der Waals surface area contributed by atoms with Gasteiger partial charge in [-0.05, 0) is 44.9 Å². The molecule has 0 aromatic carbocycles. The molecule has 0 N–H and O–H groups in total. The monoisotopic (exact) mass is 703 g/mol. The first-order chi connectivity index (χ1) is 24.5. The van der Waals surface area contributed by atoms with Crippen LogP contribution >= 0.6 is 0 Å². The third kappa shape index (κ3) is 36.9. The zero-order valence-corrected chi connectivity index (χ0v) is 32.9. The van der Waals surface area contributed by atoms with Gasteiger partial charge < -0.3 is 14.2 Å². The largest absolute Gasteiger partial charge is 0.462 e. The lowest BCUT2D eigenvalue weighted by atomic mass is 10.1. The van der Waals surface area contributed by atoms with Crippen LogP contribution in [0, 0.1) is 0 Å². The van der Waals surface area contributed by atoms with Crippen molar-refractivity contribution >= 4 is 17.9 Å². The number of rotatable bonds is 37. The van der Waals surface area contributed by atoms with Crippen LogP contribution < -0.4 is 0 Å². The molecule has 6 heteroatoms. The first-order valence-corrected chi connectivity index (χ1v) is 21.0. The lowest BCUT2D eigenvalue weighted by Gasteiger charge is -2.18. The van der Waals surface area contributed by atoms with Crippen molar-refractivity contribution in [2.45, 2.75) is 213 Å². The molecule has 0 aromatic heterocycles. The highest BCUT2D eigenvalue weighted by Gasteiger charge is 2.19. The van der Waals surface area contributed by atoms with E-state index in [0.29, 0.717) is 25.7 Å². The molecule has 0 aliphatic rings. The number of allylic oxidation sites excluding steroid dienone is 6. The quantitative estimate of drug-likeness (QED) is 0.0277. The van der Waals surface area contributed by atoms with Gasteiger partial charge in [0, 0.05) is 19.3 Å². The Balaban J connectivity index is 4.43. The summed E-state index contributed by atoms with van der Waals surface area (Å²) in [4.78, 5) is 37.5. The number of carbonyl (C=O) groups excluding carboxylic acids is 3. The normalized spacial score (nSPS) is 12.3. The maximum atomic E-state index is 12.6. The predicted octanol–water partition coefficient (Wildman–Crippen LogP) is 13.0. The Morgan fingerprint density at radius 2 is 0.780 bits per heavy atom. The van der Waals surface area contributed by atoms with Gasteiger partial charge in [0.05, 0.1) is 0 Å². The van der Waals surface area contributed by atoms with Gasteiger partial charge in [-0.1, -0.05) is 179 Å². The Labute approximate surface area is 308 Å². The second kappa shape index (κ2) is 39.4. The van der Waals surface area contributed by atoms with Crippen molar-refractivity contribution < 1.29 is 28.6 Å². The van der Waals surface area contributed by atoms with E-state index < -0.39 is 6.10 Å². The third-order valence-electron chi connectivity index (χ3n) is 8.91. The highest BCUT2D eigenvalue weighted by atomic mass is 16.6. The highest BCUT2D eigenvalue weighted by molar-refractivity contribution is 5.71. The summed E-state index contributed by atoms with van der Waals surface area (Å²) in [6, 6.07) is 0. The Hall–Kier alpha value is -2.37. The van der Waals surface area contributed by atoms with Crippen LogP contribution in [-0.4, -0.2) is 37.2 Å². The Morgan fingerprint density at radius 1 is 0.420 bits per heavy atom. The fourth-order valence-corrected chi connectivity index (χ4v) is 5.76. The van der Waals surface area contributed by atoms with Crippen molar-refractivity contribution in [3.63, 3.8) is 0 Å². The van der Waals surface area contributed by atoms with Gasteiger partial charge in [-0.15, -0.1) is 0 Å². The summed E-state index contributed by atoms with van der Waals surface area (Å²) >= 11 is 0. The molecule has 0 saturated heterocycles. The van der Waals surface area contributed by atoms with Crippen LogP contribution in [0.4, 0.5) is 0 Å². The second-order valence-electron chi connectivity index (χ2n) is 13.9. The molecule has 0 spiro atoms. The van der Waals surface area contributed by atoms with Crippen molar-refractivity contribution in [2.24, 2.45) is 0 Å². The van der Waals surface area contributed by atoms with Crippen molar-refractivity contribution in [2.75, 3.05) is 13.2 Å². The van der Waals surface area contributed by atoms with Crippen molar-refractivity contribution in [1.82, 2.24) is 0 Å². The van der Waals surface area contributed by atoms with Gasteiger partial charge in [-0.3, -0.25) is 14.4 Å². The minimum Gasteiger partial charge on any atom is -0.462 e. The average Bonchev–Trinajstić information content (AvgIpc) is 3.11. The summed E-state index contributed by atoms with van der Waals surface area (Å²) in [5, 5.41) is 0. The van der Waals surface area contributed by atoms with Gasteiger partial charge in [-0.25, -0.2) is 0 Å². The topological polar surface area (TPSA) is 78.9 Å². The summed E-state index contributed by atoms with van der Waals surface area (Å²) in [5.74, 6) is -0.946. The first kappa shape index (κ1) is 47.6. The number of esters is 3. The number of ether oxygens (including phenoxy) is 3. The maximum Gasteiger partial charge on any atom is 0.306 e. The van der Waals surface area contributed by atoms with Gasteiger partial charge in [0.1, 0.15) is 13.2 Å². The lowest BCUT2D eigenvalue weighted by molar-refractivity contribution is -0.167. The van der Waals surface area contributed by atoms with E-state index >= 15 is 0 Å². The van der Waals surface area contributed by atoms with E-state index in [2.05, 4.69) is 57.2 Å². The fraction of sp³-hybridized carbons (Fsp3) is 0.795. The van der Waals surface area contributed by atoms with E-state index in [1.165, 1.54) is 96.3 Å². The molecule has 0 aliphatic heterocycles. The summed E-state index contributed by atoms with van der Waals surface area (Å²) in [6.07, 6.45) is 42.8. The molecule has 0 heterocycles. The highest BCUT2D eigenvalue weighted by Crippen LogP contribution is 2.14. The van der Waals surface area contributed by atoms with E-state index in [0.717, 1.165) is 64.2 Å². The molecule has 0 aliphatic carbocycles. The number of carbonyl (C=O) groups is 3. The molecule has 0 radical (unpaired) electrons. The van der Waals surface area contributed by atoms with Gasteiger partial charge in [-0.2, -0.15) is 0 Å². The molecule has 1 atom stereocenters. The molecule has 0 rings (SSSR count). The zero-order valence-electron chi connectivity index (χ0n) is 32.9. The van der Waals surface area contributed by atoms with Gasteiger partial charge >= 0.3 is 17.9 Å².